The summed E-state index contributed by atoms with van der Waals surface area (Å²) in [5.41, 5.74) is 5.87. The van der Waals surface area contributed by atoms with Crippen molar-refractivity contribution in [2.24, 2.45) is 17.6 Å². The van der Waals surface area contributed by atoms with Crippen LogP contribution in [0.5, 0.6) is 0 Å². The molecule has 0 aromatic heterocycles. The van der Waals surface area contributed by atoms with E-state index in [4.69, 9.17) is 5.73 Å². The predicted octanol–water partition coefficient (Wildman–Crippen LogP) is -0.335. The van der Waals surface area contributed by atoms with Gasteiger partial charge in [0.2, 0.25) is 5.91 Å². The number of hydrogen-bond acceptors (Lipinski definition) is 4. The van der Waals surface area contributed by atoms with E-state index in [1.807, 2.05) is 0 Å². The lowest BCUT2D eigenvalue weighted by molar-refractivity contribution is -0.121. The Labute approximate surface area is 102 Å². The van der Waals surface area contributed by atoms with Gasteiger partial charge < -0.3 is 11.1 Å². The first-order valence-electron chi connectivity index (χ1n) is 6.19. The Morgan fingerprint density at radius 1 is 1.35 bits per heavy atom. The molecule has 1 heterocycles. The normalized spacial score (nSPS) is 28.9. The third-order valence-corrected chi connectivity index (χ3v) is 5.40. The molecule has 0 radical (unpaired) electrons. The summed E-state index contributed by atoms with van der Waals surface area (Å²) in [5.74, 6) is 0.893. The minimum absolute atomic E-state index is 0.00264. The molecule has 5 nitrogen and oxygen atoms in total. The highest BCUT2D eigenvalue weighted by atomic mass is 32.2. The quantitative estimate of drug-likeness (QED) is 0.708. The lowest BCUT2D eigenvalue weighted by Gasteiger charge is -2.13. The number of nitrogens with one attached hydrogen (secondary N) is 1. The van der Waals surface area contributed by atoms with Crippen molar-refractivity contribution in [3.63, 3.8) is 0 Å². The van der Waals surface area contributed by atoms with E-state index in [1.54, 1.807) is 0 Å². The number of rotatable bonds is 5. The summed E-state index contributed by atoms with van der Waals surface area (Å²) >= 11 is 0. The van der Waals surface area contributed by atoms with Crippen LogP contribution in [0.4, 0.5) is 0 Å². The molecule has 0 spiro atoms. The van der Waals surface area contributed by atoms with Gasteiger partial charge in [-0.05, 0) is 31.1 Å². The fourth-order valence-corrected chi connectivity index (χ4v) is 4.15. The average Bonchev–Trinajstić information content (AvgIpc) is 3.02. The lowest BCUT2D eigenvalue weighted by Crippen LogP contribution is -2.39. The van der Waals surface area contributed by atoms with E-state index < -0.39 is 9.84 Å². The number of nitrogens with two attached hydrogens (primary N) is 1. The highest BCUT2D eigenvalue weighted by Gasteiger charge is 2.31. The van der Waals surface area contributed by atoms with Gasteiger partial charge in [0.05, 0.1) is 11.5 Å². The van der Waals surface area contributed by atoms with Crippen molar-refractivity contribution in [3.8, 4) is 0 Å². The van der Waals surface area contributed by atoms with Gasteiger partial charge in [0.1, 0.15) is 0 Å². The van der Waals surface area contributed by atoms with Crippen molar-refractivity contribution in [2.45, 2.75) is 31.7 Å². The molecule has 0 aromatic carbocycles. The van der Waals surface area contributed by atoms with E-state index in [-0.39, 0.29) is 29.4 Å². The molecule has 1 aliphatic carbocycles. The summed E-state index contributed by atoms with van der Waals surface area (Å²) in [6.07, 6.45) is 3.26. The second-order valence-electron chi connectivity index (χ2n) is 5.28. The maximum atomic E-state index is 11.6. The Bertz CT molecular complexity index is 390. The van der Waals surface area contributed by atoms with Crippen molar-refractivity contribution in [1.29, 1.82) is 0 Å². The molecule has 2 rings (SSSR count). The molecule has 2 fully saturated rings. The molecule has 1 amide bonds. The van der Waals surface area contributed by atoms with Crippen molar-refractivity contribution in [2.75, 3.05) is 18.1 Å². The fourth-order valence-electron chi connectivity index (χ4n) is 2.29. The fraction of sp³-hybridized carbons (Fsp3) is 0.909. The van der Waals surface area contributed by atoms with Crippen LogP contribution >= 0.6 is 0 Å². The topological polar surface area (TPSA) is 89.3 Å². The first kappa shape index (κ1) is 12.8. The van der Waals surface area contributed by atoms with Crippen molar-refractivity contribution in [3.05, 3.63) is 0 Å². The molecule has 1 saturated carbocycles. The molecular formula is C11H20N2O3S. The molecule has 0 aromatic rings. The van der Waals surface area contributed by atoms with E-state index >= 15 is 0 Å². The van der Waals surface area contributed by atoms with E-state index in [2.05, 4.69) is 5.32 Å². The highest BCUT2D eigenvalue weighted by Crippen LogP contribution is 2.31. The minimum Gasteiger partial charge on any atom is -0.355 e. The van der Waals surface area contributed by atoms with Crippen LogP contribution < -0.4 is 11.1 Å². The smallest absolute Gasteiger partial charge is 0.220 e. The number of carbonyl (C=O) groups is 1. The zero-order chi connectivity index (χ0) is 12.5. The first-order chi connectivity index (χ1) is 7.96. The van der Waals surface area contributed by atoms with Crippen LogP contribution in [-0.2, 0) is 14.6 Å². The standard InChI is InChI=1S/C11H20N2O3S/c12-10(9-1-2-9)6-13-11(14)5-8-3-4-17(15,16)7-8/h8-10H,1-7,12H2,(H,13,14). The lowest BCUT2D eigenvalue weighted by atomic mass is 10.0. The van der Waals surface area contributed by atoms with Crippen molar-refractivity contribution >= 4 is 15.7 Å². The molecule has 2 unspecified atom stereocenters. The SMILES string of the molecule is NC(CNC(=O)CC1CCS(=O)(=O)C1)C1CC1. The maximum Gasteiger partial charge on any atom is 0.220 e. The van der Waals surface area contributed by atoms with Crippen LogP contribution in [0.25, 0.3) is 0 Å². The van der Waals surface area contributed by atoms with Crippen LogP contribution in [-0.4, -0.2) is 38.4 Å². The molecule has 1 saturated heterocycles. The van der Waals surface area contributed by atoms with Gasteiger partial charge in [-0.3, -0.25) is 4.79 Å². The van der Waals surface area contributed by atoms with Crippen molar-refractivity contribution < 1.29 is 13.2 Å². The molecule has 98 valence electrons. The summed E-state index contributed by atoms with van der Waals surface area (Å²) in [7, 11) is -2.88. The van der Waals surface area contributed by atoms with Crippen LogP contribution in [0.2, 0.25) is 0 Å². The van der Waals surface area contributed by atoms with E-state index in [9.17, 15) is 13.2 Å². The Balaban J connectivity index is 1.67. The zero-order valence-electron chi connectivity index (χ0n) is 9.89. The predicted molar refractivity (Wildman–Crippen MR) is 65.1 cm³/mol. The highest BCUT2D eigenvalue weighted by molar-refractivity contribution is 7.91. The molecular weight excluding hydrogens is 240 g/mol. The second kappa shape index (κ2) is 4.94. The molecule has 17 heavy (non-hydrogen) atoms. The van der Waals surface area contributed by atoms with Gasteiger partial charge in [-0.2, -0.15) is 0 Å². The van der Waals surface area contributed by atoms with Gasteiger partial charge in [-0.15, -0.1) is 0 Å². The van der Waals surface area contributed by atoms with E-state index in [0.29, 0.717) is 25.3 Å². The van der Waals surface area contributed by atoms with Gasteiger partial charge in [-0.1, -0.05) is 0 Å². The van der Waals surface area contributed by atoms with Gasteiger partial charge in [0.15, 0.2) is 9.84 Å². The summed E-state index contributed by atoms with van der Waals surface area (Å²) in [5, 5.41) is 2.80. The van der Waals surface area contributed by atoms with Gasteiger partial charge in [-0.25, -0.2) is 8.42 Å². The maximum absolute atomic E-state index is 11.6. The van der Waals surface area contributed by atoms with Crippen LogP contribution in [0.1, 0.15) is 25.7 Å². The van der Waals surface area contributed by atoms with Crippen molar-refractivity contribution in [1.82, 2.24) is 5.32 Å². The van der Waals surface area contributed by atoms with Crippen LogP contribution in [0.3, 0.4) is 0 Å². The van der Waals surface area contributed by atoms with E-state index in [0.717, 1.165) is 12.8 Å². The Hall–Kier alpha value is -0.620. The second-order valence-corrected chi connectivity index (χ2v) is 7.51. The Morgan fingerprint density at radius 2 is 2.06 bits per heavy atom. The first-order valence-corrected chi connectivity index (χ1v) is 8.01. The number of hydrogen-bond donors (Lipinski definition) is 2. The van der Waals surface area contributed by atoms with Crippen LogP contribution in [0, 0.1) is 11.8 Å². The molecule has 2 atom stereocenters. The number of sulfone groups is 1. The average molecular weight is 260 g/mol. The molecule has 1 aliphatic heterocycles. The van der Waals surface area contributed by atoms with Crippen LogP contribution in [0.15, 0.2) is 0 Å². The zero-order valence-corrected chi connectivity index (χ0v) is 10.7. The monoisotopic (exact) mass is 260 g/mol. The third kappa shape index (κ3) is 3.96. The number of amides is 1. The van der Waals surface area contributed by atoms with E-state index in [1.165, 1.54) is 0 Å². The minimum atomic E-state index is -2.88. The van der Waals surface area contributed by atoms with Gasteiger partial charge >= 0.3 is 0 Å². The summed E-state index contributed by atoms with van der Waals surface area (Å²) in [6, 6.07) is 0.0614. The summed E-state index contributed by atoms with van der Waals surface area (Å²) < 4.78 is 22.5. The molecule has 2 aliphatic rings. The molecule has 3 N–H and O–H groups in total. The Kier molecular flexibility index (Phi) is 3.73. The van der Waals surface area contributed by atoms with Gasteiger partial charge in [0, 0.05) is 19.0 Å². The van der Waals surface area contributed by atoms with Gasteiger partial charge in [0.25, 0.3) is 0 Å². The Morgan fingerprint density at radius 3 is 2.59 bits per heavy atom. The largest absolute Gasteiger partial charge is 0.355 e. The third-order valence-electron chi connectivity index (χ3n) is 3.56. The number of carbonyl (C=O) groups excluding carboxylic acids is 1. The summed E-state index contributed by atoms with van der Waals surface area (Å²) in [4.78, 5) is 11.6. The summed E-state index contributed by atoms with van der Waals surface area (Å²) in [6.45, 7) is 0.517. The molecule has 6 heteroatoms. The molecule has 0 bridgehead atoms.